The predicted molar refractivity (Wildman–Crippen MR) is 109 cm³/mol. The number of nitrogens with one attached hydrogen (secondary N) is 1. The summed E-state index contributed by atoms with van der Waals surface area (Å²) in [5, 5.41) is 3.65. The van der Waals surface area contributed by atoms with Gasteiger partial charge in [-0.3, -0.25) is 4.79 Å². The lowest BCUT2D eigenvalue weighted by Gasteiger charge is -2.16. The number of carbonyl (C=O) groups is 1. The second kappa shape index (κ2) is 8.44. The van der Waals surface area contributed by atoms with E-state index >= 15 is 0 Å². The highest BCUT2D eigenvalue weighted by Gasteiger charge is 2.19. The lowest BCUT2D eigenvalue weighted by Crippen LogP contribution is -2.28. The highest BCUT2D eigenvalue weighted by atomic mass is 35.5. The van der Waals surface area contributed by atoms with Crippen LogP contribution in [0.5, 0.6) is 5.75 Å². The summed E-state index contributed by atoms with van der Waals surface area (Å²) in [4.78, 5) is 17.3. The second-order valence-corrected chi connectivity index (χ2v) is 6.97. The maximum absolute atomic E-state index is 12.6. The molecule has 1 atom stereocenters. The van der Waals surface area contributed by atoms with Crippen LogP contribution >= 0.6 is 11.6 Å². The fourth-order valence-electron chi connectivity index (χ4n) is 3.08. The average Bonchev–Trinajstić information content (AvgIpc) is 3.04. The first-order chi connectivity index (χ1) is 13.0. The Morgan fingerprint density at radius 3 is 2.67 bits per heavy atom. The summed E-state index contributed by atoms with van der Waals surface area (Å²) in [6.45, 7) is 4.95. The molecule has 0 aliphatic rings. The Kier molecular flexibility index (Phi) is 6.01. The number of fused-ring (bicyclic) bond motifs is 1. The van der Waals surface area contributed by atoms with Crippen LogP contribution in [0.4, 0.5) is 0 Å². The van der Waals surface area contributed by atoms with E-state index in [2.05, 4.69) is 16.8 Å². The minimum atomic E-state index is -0.233. The van der Waals surface area contributed by atoms with Gasteiger partial charge in [-0.05, 0) is 49.7 Å². The molecule has 0 saturated carbocycles. The second-order valence-electron chi connectivity index (χ2n) is 6.53. The number of imidazole rings is 1. The molecule has 0 spiro atoms. The molecule has 5 nitrogen and oxygen atoms in total. The van der Waals surface area contributed by atoms with E-state index in [1.165, 1.54) is 0 Å². The van der Waals surface area contributed by atoms with Crippen LogP contribution in [0.25, 0.3) is 11.0 Å². The molecular weight excluding hydrogens is 362 g/mol. The lowest BCUT2D eigenvalue weighted by atomic mass is 10.2. The fraction of sp³-hybridized carbons (Fsp3) is 0.333. The zero-order valence-corrected chi connectivity index (χ0v) is 16.6. The Morgan fingerprint density at radius 1 is 1.26 bits per heavy atom. The minimum Gasteiger partial charge on any atom is -0.497 e. The minimum absolute atomic E-state index is 0.147. The van der Waals surface area contributed by atoms with Gasteiger partial charge in [0.1, 0.15) is 11.6 Å². The zero-order chi connectivity index (χ0) is 19.4. The Balaban J connectivity index is 1.91. The summed E-state index contributed by atoms with van der Waals surface area (Å²) in [7, 11) is 1.66. The number of aryl methyl sites for hydroxylation is 1. The van der Waals surface area contributed by atoms with Crippen LogP contribution in [0.1, 0.15) is 48.9 Å². The average molecular weight is 386 g/mol. The summed E-state index contributed by atoms with van der Waals surface area (Å²) >= 11 is 5.90. The van der Waals surface area contributed by atoms with E-state index in [0.29, 0.717) is 10.6 Å². The van der Waals surface area contributed by atoms with E-state index < -0.39 is 0 Å². The maximum Gasteiger partial charge on any atom is 0.251 e. The van der Waals surface area contributed by atoms with Crippen LogP contribution in [0.2, 0.25) is 5.02 Å². The molecule has 0 saturated heterocycles. The Hall–Kier alpha value is -2.53. The van der Waals surface area contributed by atoms with E-state index in [9.17, 15) is 4.79 Å². The summed E-state index contributed by atoms with van der Waals surface area (Å²) in [6, 6.07) is 12.5. The molecule has 1 amide bonds. The number of aromatic nitrogens is 2. The number of hydrogen-bond donors (Lipinski definition) is 1. The molecule has 2 aromatic carbocycles. The molecule has 1 unspecified atom stereocenters. The quantitative estimate of drug-likeness (QED) is 0.623. The summed E-state index contributed by atoms with van der Waals surface area (Å²) in [5.74, 6) is 1.49. The van der Waals surface area contributed by atoms with Gasteiger partial charge in [0, 0.05) is 23.2 Å². The number of ether oxygens (including phenoxy) is 1. The fourth-order valence-corrected chi connectivity index (χ4v) is 3.20. The molecule has 142 valence electrons. The van der Waals surface area contributed by atoms with Crippen molar-refractivity contribution in [2.24, 2.45) is 0 Å². The first-order valence-electron chi connectivity index (χ1n) is 9.14. The third-order valence-corrected chi connectivity index (χ3v) is 4.81. The Morgan fingerprint density at radius 2 is 2.00 bits per heavy atom. The van der Waals surface area contributed by atoms with Crippen LogP contribution in [-0.2, 0) is 6.54 Å². The first kappa shape index (κ1) is 19.2. The molecular formula is C21H24ClN3O2. The van der Waals surface area contributed by atoms with E-state index in [1.54, 1.807) is 31.4 Å². The normalized spacial score (nSPS) is 12.1. The molecule has 1 heterocycles. The van der Waals surface area contributed by atoms with Gasteiger partial charge < -0.3 is 14.6 Å². The number of nitrogens with zero attached hydrogens (tertiary/aromatic N) is 2. The van der Waals surface area contributed by atoms with Crippen molar-refractivity contribution in [1.82, 2.24) is 14.9 Å². The predicted octanol–water partition coefficient (Wildman–Crippen LogP) is 4.99. The molecule has 6 heteroatoms. The molecule has 0 aliphatic carbocycles. The zero-order valence-electron chi connectivity index (χ0n) is 15.8. The number of amides is 1. The van der Waals surface area contributed by atoms with Gasteiger partial charge in [0.25, 0.3) is 5.91 Å². The molecule has 0 aliphatic heterocycles. The summed E-state index contributed by atoms with van der Waals surface area (Å²) in [6.07, 6.45) is 2.11. The number of carbonyl (C=O) groups excluding carboxylic acids is 1. The van der Waals surface area contributed by atoms with Crippen molar-refractivity contribution >= 4 is 28.5 Å². The third-order valence-electron chi connectivity index (χ3n) is 4.56. The molecule has 1 N–H and O–H groups in total. The van der Waals surface area contributed by atoms with Crippen LogP contribution in [0, 0.1) is 0 Å². The van der Waals surface area contributed by atoms with Crippen LogP contribution in [0.3, 0.4) is 0 Å². The van der Waals surface area contributed by atoms with Crippen molar-refractivity contribution in [3.63, 3.8) is 0 Å². The maximum atomic E-state index is 12.6. The van der Waals surface area contributed by atoms with Crippen LogP contribution < -0.4 is 10.1 Å². The molecule has 0 fully saturated rings. The number of rotatable bonds is 7. The van der Waals surface area contributed by atoms with Gasteiger partial charge in [0.2, 0.25) is 0 Å². The van der Waals surface area contributed by atoms with E-state index in [4.69, 9.17) is 21.3 Å². The topological polar surface area (TPSA) is 56.2 Å². The van der Waals surface area contributed by atoms with Crippen molar-refractivity contribution in [2.45, 2.75) is 39.3 Å². The smallest absolute Gasteiger partial charge is 0.251 e. The van der Waals surface area contributed by atoms with Gasteiger partial charge in [-0.15, -0.1) is 0 Å². The molecule has 3 aromatic rings. The third kappa shape index (κ3) is 4.25. The van der Waals surface area contributed by atoms with Crippen molar-refractivity contribution in [2.75, 3.05) is 7.11 Å². The first-order valence-corrected chi connectivity index (χ1v) is 9.52. The van der Waals surface area contributed by atoms with Gasteiger partial charge in [0.15, 0.2) is 0 Å². The van der Waals surface area contributed by atoms with Gasteiger partial charge >= 0.3 is 0 Å². The Bertz CT molecular complexity index is 934. The van der Waals surface area contributed by atoms with Gasteiger partial charge in [-0.1, -0.05) is 24.9 Å². The number of unbranched alkanes of at least 4 members (excludes halogenated alkanes) is 1. The van der Waals surface area contributed by atoms with E-state index in [1.807, 2.05) is 25.1 Å². The highest BCUT2D eigenvalue weighted by Crippen LogP contribution is 2.25. The van der Waals surface area contributed by atoms with Crippen molar-refractivity contribution in [3.8, 4) is 5.75 Å². The molecule has 0 bridgehead atoms. The highest BCUT2D eigenvalue weighted by molar-refractivity contribution is 6.30. The molecule has 0 radical (unpaired) electrons. The largest absolute Gasteiger partial charge is 0.497 e. The van der Waals surface area contributed by atoms with Crippen LogP contribution in [0.15, 0.2) is 42.5 Å². The van der Waals surface area contributed by atoms with Crippen molar-refractivity contribution in [3.05, 3.63) is 58.9 Å². The molecule has 27 heavy (non-hydrogen) atoms. The number of benzene rings is 2. The van der Waals surface area contributed by atoms with Crippen LogP contribution in [-0.4, -0.2) is 22.6 Å². The van der Waals surface area contributed by atoms with Gasteiger partial charge in [-0.25, -0.2) is 4.98 Å². The SMILES string of the molecule is CCCCn1c(C(C)NC(=O)c2ccc(Cl)cc2)nc2ccc(OC)cc21. The van der Waals surface area contributed by atoms with Gasteiger partial charge in [0.05, 0.1) is 24.2 Å². The van der Waals surface area contributed by atoms with Crippen molar-refractivity contribution < 1.29 is 9.53 Å². The molecule has 3 rings (SSSR count). The standard InChI is InChI=1S/C21H24ClN3O2/c1-4-5-12-25-19-13-17(27-3)10-11-18(19)24-20(25)14(2)23-21(26)15-6-8-16(22)9-7-15/h6-11,13-14H,4-5,12H2,1-3H3,(H,23,26). The van der Waals surface area contributed by atoms with E-state index in [-0.39, 0.29) is 11.9 Å². The number of hydrogen-bond acceptors (Lipinski definition) is 3. The number of halogens is 1. The van der Waals surface area contributed by atoms with Crippen molar-refractivity contribution in [1.29, 1.82) is 0 Å². The van der Waals surface area contributed by atoms with Gasteiger partial charge in [-0.2, -0.15) is 0 Å². The monoisotopic (exact) mass is 385 g/mol. The Labute approximate surface area is 164 Å². The lowest BCUT2D eigenvalue weighted by molar-refractivity contribution is 0.0937. The summed E-state index contributed by atoms with van der Waals surface area (Å²) < 4.78 is 7.54. The van der Waals surface area contributed by atoms with E-state index in [0.717, 1.165) is 42.0 Å². The summed E-state index contributed by atoms with van der Waals surface area (Å²) in [5.41, 5.74) is 2.49. The molecule has 1 aromatic heterocycles. The number of methoxy groups -OCH3 is 1.